The van der Waals surface area contributed by atoms with E-state index in [1.165, 1.54) is 0 Å². The third kappa shape index (κ3) is 1.50. The lowest BCUT2D eigenvalue weighted by atomic mass is 9.78. The Morgan fingerprint density at radius 3 is 2.60 bits per heavy atom. The fraction of sp³-hybridized carbons (Fsp3) is 1.00. The fourth-order valence-electron chi connectivity index (χ4n) is 1.45. The van der Waals surface area contributed by atoms with Crippen LogP contribution in [0, 0.1) is 5.92 Å². The van der Waals surface area contributed by atoms with Crippen LogP contribution in [0.3, 0.4) is 0 Å². The summed E-state index contributed by atoms with van der Waals surface area (Å²) in [6.07, 6.45) is 3.30. The second-order valence-corrected chi connectivity index (χ2v) is 3.06. The molecule has 1 aliphatic rings. The quantitative estimate of drug-likeness (QED) is 0.644. The van der Waals surface area contributed by atoms with Gasteiger partial charge < -0.3 is 9.84 Å². The summed E-state index contributed by atoms with van der Waals surface area (Å²) in [5.41, 5.74) is 0. The molecular weight excluding hydrogens is 128 g/mol. The Hall–Kier alpha value is -0.0800. The van der Waals surface area contributed by atoms with Crippen molar-refractivity contribution in [2.45, 2.75) is 38.4 Å². The minimum Gasteiger partial charge on any atom is -0.393 e. The summed E-state index contributed by atoms with van der Waals surface area (Å²) in [6, 6.07) is 0. The van der Waals surface area contributed by atoms with E-state index in [9.17, 15) is 5.11 Å². The molecule has 1 atom stereocenters. The summed E-state index contributed by atoms with van der Waals surface area (Å²) in [4.78, 5) is 0. The van der Waals surface area contributed by atoms with Crippen molar-refractivity contribution in [3.05, 3.63) is 0 Å². The smallest absolute Gasteiger partial charge is 0.0578 e. The van der Waals surface area contributed by atoms with Crippen LogP contribution < -0.4 is 0 Å². The molecule has 1 fully saturated rings. The number of methoxy groups -OCH3 is 1. The summed E-state index contributed by atoms with van der Waals surface area (Å²) in [5, 5.41) is 9.34. The first kappa shape index (κ1) is 8.02. The molecule has 1 aliphatic carbocycles. The Kier molecular flexibility index (Phi) is 2.69. The van der Waals surface area contributed by atoms with Gasteiger partial charge in [0.25, 0.3) is 0 Å². The molecule has 10 heavy (non-hydrogen) atoms. The van der Waals surface area contributed by atoms with Gasteiger partial charge in [0.1, 0.15) is 0 Å². The van der Waals surface area contributed by atoms with Crippen LogP contribution in [0.15, 0.2) is 0 Å². The third-order valence-electron chi connectivity index (χ3n) is 2.43. The predicted octanol–water partition coefficient (Wildman–Crippen LogP) is 1.18. The molecule has 0 aliphatic heterocycles. The van der Waals surface area contributed by atoms with Crippen molar-refractivity contribution in [3.8, 4) is 0 Å². The van der Waals surface area contributed by atoms with Crippen LogP contribution in [0.25, 0.3) is 0 Å². The summed E-state index contributed by atoms with van der Waals surface area (Å²) in [7, 11) is 1.74. The molecule has 2 nitrogen and oxygen atoms in total. The first-order valence-electron chi connectivity index (χ1n) is 3.98. The number of aliphatic hydroxyl groups excluding tert-OH is 1. The maximum Gasteiger partial charge on any atom is 0.0578 e. The number of aliphatic hydroxyl groups is 1. The van der Waals surface area contributed by atoms with Crippen molar-refractivity contribution in [2.24, 2.45) is 5.92 Å². The fourth-order valence-corrected chi connectivity index (χ4v) is 1.45. The van der Waals surface area contributed by atoms with Crippen molar-refractivity contribution in [3.63, 3.8) is 0 Å². The molecule has 2 heteroatoms. The number of hydrogen-bond acceptors (Lipinski definition) is 2. The van der Waals surface area contributed by atoms with Crippen molar-refractivity contribution >= 4 is 0 Å². The van der Waals surface area contributed by atoms with Crippen molar-refractivity contribution in [1.82, 2.24) is 0 Å². The summed E-state index contributed by atoms with van der Waals surface area (Å²) in [6.45, 7) is 2.02. The van der Waals surface area contributed by atoms with E-state index in [4.69, 9.17) is 4.74 Å². The van der Waals surface area contributed by atoms with Crippen molar-refractivity contribution < 1.29 is 9.84 Å². The van der Waals surface area contributed by atoms with E-state index in [0.29, 0.717) is 12.0 Å². The van der Waals surface area contributed by atoms with Gasteiger partial charge in [-0.1, -0.05) is 6.92 Å². The molecule has 0 heterocycles. The van der Waals surface area contributed by atoms with E-state index in [0.717, 1.165) is 19.3 Å². The molecule has 0 spiro atoms. The zero-order valence-electron chi connectivity index (χ0n) is 6.71. The zero-order valence-corrected chi connectivity index (χ0v) is 6.71. The van der Waals surface area contributed by atoms with Gasteiger partial charge in [0.05, 0.1) is 12.2 Å². The van der Waals surface area contributed by atoms with Crippen LogP contribution in [0.2, 0.25) is 0 Å². The average Bonchev–Trinajstić information content (AvgIpc) is 1.85. The Morgan fingerprint density at radius 1 is 1.60 bits per heavy atom. The lowest BCUT2D eigenvalue weighted by molar-refractivity contribution is -0.0507. The van der Waals surface area contributed by atoms with Gasteiger partial charge in [0.15, 0.2) is 0 Å². The molecule has 1 saturated carbocycles. The number of ether oxygens (including phenoxy) is 1. The van der Waals surface area contributed by atoms with Gasteiger partial charge in [0.2, 0.25) is 0 Å². The van der Waals surface area contributed by atoms with Gasteiger partial charge in [-0.25, -0.2) is 0 Å². The SMILES string of the molecule is CCC(O)C1CC(OC)C1. The highest BCUT2D eigenvalue weighted by Gasteiger charge is 2.33. The molecule has 1 unspecified atom stereocenters. The first-order chi connectivity index (χ1) is 4.77. The van der Waals surface area contributed by atoms with Crippen molar-refractivity contribution in [2.75, 3.05) is 7.11 Å². The normalized spacial score (nSPS) is 35.1. The van der Waals surface area contributed by atoms with E-state index in [1.807, 2.05) is 6.92 Å². The second-order valence-electron chi connectivity index (χ2n) is 3.06. The maximum absolute atomic E-state index is 9.34. The molecule has 0 saturated heterocycles. The van der Waals surface area contributed by atoms with Crippen LogP contribution in [0.1, 0.15) is 26.2 Å². The van der Waals surface area contributed by atoms with Gasteiger partial charge in [0, 0.05) is 7.11 Å². The van der Waals surface area contributed by atoms with E-state index >= 15 is 0 Å². The summed E-state index contributed by atoms with van der Waals surface area (Å²) in [5.74, 6) is 0.509. The van der Waals surface area contributed by atoms with Gasteiger partial charge >= 0.3 is 0 Å². The molecular formula is C8H16O2. The van der Waals surface area contributed by atoms with Crippen LogP contribution in [-0.2, 0) is 4.74 Å². The Bertz CT molecular complexity index is 97.4. The van der Waals surface area contributed by atoms with Crippen LogP contribution >= 0.6 is 0 Å². The highest BCUT2D eigenvalue weighted by atomic mass is 16.5. The van der Waals surface area contributed by atoms with Gasteiger partial charge in [-0.2, -0.15) is 0 Å². The average molecular weight is 144 g/mol. The number of hydrogen-bond donors (Lipinski definition) is 1. The lowest BCUT2D eigenvalue weighted by Crippen LogP contribution is -2.37. The number of rotatable bonds is 3. The van der Waals surface area contributed by atoms with Crippen molar-refractivity contribution in [1.29, 1.82) is 0 Å². The molecule has 0 bridgehead atoms. The minimum absolute atomic E-state index is 0.0913. The molecule has 0 aromatic rings. The Morgan fingerprint density at radius 2 is 2.20 bits per heavy atom. The standard InChI is InChI=1S/C8H16O2/c1-3-8(9)6-4-7(5-6)10-2/h6-9H,3-5H2,1-2H3. The zero-order chi connectivity index (χ0) is 7.56. The van der Waals surface area contributed by atoms with Crippen LogP contribution in [0.4, 0.5) is 0 Å². The molecule has 0 amide bonds. The Balaban J connectivity index is 2.13. The van der Waals surface area contributed by atoms with E-state index < -0.39 is 0 Å². The van der Waals surface area contributed by atoms with Gasteiger partial charge in [-0.15, -0.1) is 0 Å². The molecule has 0 aromatic carbocycles. The summed E-state index contributed by atoms with van der Waals surface area (Å²) < 4.78 is 5.10. The highest BCUT2D eigenvalue weighted by molar-refractivity contribution is 4.84. The molecule has 60 valence electrons. The van der Waals surface area contributed by atoms with Gasteiger partial charge in [-0.3, -0.25) is 0 Å². The van der Waals surface area contributed by atoms with E-state index in [-0.39, 0.29) is 6.10 Å². The van der Waals surface area contributed by atoms with Crippen LogP contribution in [0.5, 0.6) is 0 Å². The topological polar surface area (TPSA) is 29.5 Å². The van der Waals surface area contributed by atoms with E-state index in [2.05, 4.69) is 0 Å². The van der Waals surface area contributed by atoms with Crippen LogP contribution in [-0.4, -0.2) is 24.4 Å². The predicted molar refractivity (Wildman–Crippen MR) is 39.8 cm³/mol. The lowest BCUT2D eigenvalue weighted by Gasteiger charge is -2.36. The van der Waals surface area contributed by atoms with Gasteiger partial charge in [-0.05, 0) is 25.2 Å². The first-order valence-corrected chi connectivity index (χ1v) is 3.98. The van der Waals surface area contributed by atoms with E-state index in [1.54, 1.807) is 7.11 Å². The highest BCUT2D eigenvalue weighted by Crippen LogP contribution is 2.33. The molecule has 0 aromatic heterocycles. The monoisotopic (exact) mass is 144 g/mol. The third-order valence-corrected chi connectivity index (χ3v) is 2.43. The minimum atomic E-state index is -0.0913. The Labute approximate surface area is 62.2 Å². The molecule has 1 rings (SSSR count). The maximum atomic E-state index is 9.34. The summed E-state index contributed by atoms with van der Waals surface area (Å²) >= 11 is 0. The molecule has 1 N–H and O–H groups in total. The molecule has 0 radical (unpaired) electrons. The second kappa shape index (κ2) is 3.35. The largest absolute Gasteiger partial charge is 0.393 e.